The third kappa shape index (κ3) is 4.65. The number of hydrogen-bond donors (Lipinski definition) is 1. The third-order valence-electron chi connectivity index (χ3n) is 8.38. The molecule has 0 spiro atoms. The van der Waals surface area contributed by atoms with Gasteiger partial charge in [0.15, 0.2) is 0 Å². The Morgan fingerprint density at radius 1 is 1.10 bits per heavy atom. The summed E-state index contributed by atoms with van der Waals surface area (Å²) < 4.78 is 13.9. The molecule has 0 aliphatic carbocycles. The second-order valence-corrected chi connectivity index (χ2v) is 10.7. The fraction of sp³-hybridized carbons (Fsp3) is 0.433. The Labute approximate surface area is 227 Å². The molecule has 3 aliphatic heterocycles. The predicted octanol–water partition coefficient (Wildman–Crippen LogP) is 3.74. The standard InChI is InChI=1S/C30H34N4O5/c1-31-28(35)21-5-3-20(4-6-21)16-34-25-8-7-22(39-14-11-19-9-12-38-13-10-19)15-23(25)27-24-17-33(18-26(27)34)30(37)32(2)29(24)36/h3-8,15,19,24H,9-14,16-18H2,1-2H3,(H,31,35)/t24-/m1/s1. The summed E-state index contributed by atoms with van der Waals surface area (Å²) in [7, 11) is 3.18. The minimum absolute atomic E-state index is 0.128. The molecule has 2 fully saturated rings. The van der Waals surface area contributed by atoms with Crippen molar-refractivity contribution in [2.75, 3.05) is 40.5 Å². The quantitative estimate of drug-likeness (QED) is 0.503. The first-order chi connectivity index (χ1) is 18.9. The van der Waals surface area contributed by atoms with Crippen molar-refractivity contribution in [2.45, 2.75) is 38.3 Å². The third-order valence-corrected chi connectivity index (χ3v) is 8.38. The summed E-state index contributed by atoms with van der Waals surface area (Å²) in [6, 6.07) is 13.4. The van der Waals surface area contributed by atoms with E-state index >= 15 is 0 Å². The lowest BCUT2D eigenvalue weighted by molar-refractivity contribution is -0.132. The number of ether oxygens (including phenoxy) is 2. The molecule has 204 valence electrons. The van der Waals surface area contributed by atoms with E-state index in [1.807, 2.05) is 30.3 Å². The van der Waals surface area contributed by atoms with E-state index in [9.17, 15) is 14.4 Å². The molecular formula is C30H34N4O5. The van der Waals surface area contributed by atoms with Gasteiger partial charge in [0.05, 0.1) is 19.1 Å². The highest BCUT2D eigenvalue weighted by atomic mass is 16.5. The van der Waals surface area contributed by atoms with Crippen molar-refractivity contribution in [2.24, 2.45) is 5.92 Å². The summed E-state index contributed by atoms with van der Waals surface area (Å²) >= 11 is 0. The molecule has 9 heteroatoms. The van der Waals surface area contributed by atoms with Gasteiger partial charge in [-0.2, -0.15) is 0 Å². The number of imide groups is 1. The second kappa shape index (κ2) is 10.4. The Bertz CT molecular complexity index is 1420. The number of urea groups is 1. The maximum atomic E-state index is 13.3. The van der Waals surface area contributed by atoms with Gasteiger partial charge >= 0.3 is 6.03 Å². The number of hydrogen-bond acceptors (Lipinski definition) is 5. The zero-order valence-corrected chi connectivity index (χ0v) is 22.4. The Kier molecular flexibility index (Phi) is 6.76. The zero-order chi connectivity index (χ0) is 27.1. The molecule has 39 heavy (non-hydrogen) atoms. The average Bonchev–Trinajstić information content (AvgIpc) is 3.27. The number of likely N-dealkylation sites (N-methyl/N-ethyl adjacent to an activating group) is 1. The highest BCUT2D eigenvalue weighted by molar-refractivity contribution is 6.04. The van der Waals surface area contributed by atoms with Crippen molar-refractivity contribution in [1.82, 2.24) is 19.7 Å². The van der Waals surface area contributed by atoms with E-state index in [1.165, 1.54) is 4.90 Å². The zero-order valence-electron chi connectivity index (χ0n) is 22.4. The van der Waals surface area contributed by atoms with E-state index in [0.29, 0.717) is 37.7 Å². The van der Waals surface area contributed by atoms with E-state index in [2.05, 4.69) is 22.0 Å². The summed E-state index contributed by atoms with van der Waals surface area (Å²) in [6.45, 7) is 3.69. The number of aromatic nitrogens is 1. The topological polar surface area (TPSA) is 93.1 Å². The molecule has 9 nitrogen and oxygen atoms in total. The number of carbonyl (C=O) groups excluding carboxylic acids is 3. The summed E-state index contributed by atoms with van der Waals surface area (Å²) in [5, 5.41) is 3.65. The summed E-state index contributed by atoms with van der Waals surface area (Å²) in [6.07, 6.45) is 3.15. The molecule has 6 rings (SSSR count). The summed E-state index contributed by atoms with van der Waals surface area (Å²) in [4.78, 5) is 41.1. The van der Waals surface area contributed by atoms with Crippen LogP contribution in [0.4, 0.5) is 4.79 Å². The van der Waals surface area contributed by atoms with Crippen LogP contribution in [-0.4, -0.2) is 72.7 Å². The molecular weight excluding hydrogens is 496 g/mol. The first-order valence-electron chi connectivity index (χ1n) is 13.7. The molecule has 0 saturated carbocycles. The van der Waals surface area contributed by atoms with Crippen molar-refractivity contribution in [3.63, 3.8) is 0 Å². The number of amides is 4. The molecule has 0 unspecified atom stereocenters. The lowest BCUT2D eigenvalue weighted by Crippen LogP contribution is -2.56. The number of nitrogens with one attached hydrogen (secondary N) is 1. The van der Waals surface area contributed by atoms with Crippen LogP contribution in [0.15, 0.2) is 42.5 Å². The Morgan fingerprint density at radius 3 is 2.62 bits per heavy atom. The number of nitrogens with zero attached hydrogens (tertiary/aromatic N) is 3. The van der Waals surface area contributed by atoms with Crippen molar-refractivity contribution in [3.05, 3.63) is 64.8 Å². The van der Waals surface area contributed by atoms with Crippen LogP contribution in [0, 0.1) is 5.92 Å². The van der Waals surface area contributed by atoms with Crippen LogP contribution in [0.1, 0.15) is 52.4 Å². The van der Waals surface area contributed by atoms with Gasteiger partial charge in [0, 0.05) is 62.6 Å². The molecule has 1 N–H and O–H groups in total. The van der Waals surface area contributed by atoms with E-state index in [-0.39, 0.29) is 17.8 Å². The van der Waals surface area contributed by atoms with Crippen molar-refractivity contribution >= 4 is 28.7 Å². The Morgan fingerprint density at radius 2 is 1.87 bits per heavy atom. The number of rotatable bonds is 7. The monoisotopic (exact) mass is 530 g/mol. The predicted molar refractivity (Wildman–Crippen MR) is 146 cm³/mol. The van der Waals surface area contributed by atoms with Crippen LogP contribution in [0.3, 0.4) is 0 Å². The summed E-state index contributed by atoms with van der Waals surface area (Å²) in [5.74, 6) is 0.714. The SMILES string of the molecule is CNC(=O)c1ccc(Cn2c3c(c4cc(OCCC5CCOCC5)ccc42)[C@H]2CN(C3)C(=O)N(C)C2=O)cc1. The molecule has 2 bridgehead atoms. The van der Waals surface area contributed by atoms with E-state index < -0.39 is 5.92 Å². The first kappa shape index (κ1) is 25.4. The molecule has 2 saturated heterocycles. The number of fused-ring (bicyclic) bond motifs is 6. The lowest BCUT2D eigenvalue weighted by Gasteiger charge is -2.41. The Hall–Kier alpha value is -3.85. The van der Waals surface area contributed by atoms with Gasteiger partial charge in [-0.15, -0.1) is 0 Å². The molecule has 2 aromatic carbocycles. The minimum atomic E-state index is -0.409. The van der Waals surface area contributed by atoms with Gasteiger partial charge in [0.1, 0.15) is 5.75 Å². The van der Waals surface area contributed by atoms with Crippen molar-refractivity contribution in [1.29, 1.82) is 0 Å². The number of benzene rings is 2. The van der Waals surface area contributed by atoms with Gasteiger partial charge in [0.2, 0.25) is 5.91 Å². The van der Waals surface area contributed by atoms with Gasteiger partial charge in [-0.05, 0) is 66.6 Å². The smallest absolute Gasteiger partial charge is 0.326 e. The van der Waals surface area contributed by atoms with Crippen molar-refractivity contribution in [3.8, 4) is 5.75 Å². The van der Waals surface area contributed by atoms with E-state index in [0.717, 1.165) is 65.9 Å². The molecule has 3 aromatic rings. The highest BCUT2D eigenvalue weighted by Crippen LogP contribution is 2.42. The van der Waals surface area contributed by atoms with Crippen LogP contribution in [0.5, 0.6) is 5.75 Å². The fourth-order valence-electron chi connectivity index (χ4n) is 6.15. The van der Waals surface area contributed by atoms with Crippen LogP contribution >= 0.6 is 0 Å². The fourth-order valence-corrected chi connectivity index (χ4v) is 6.15. The van der Waals surface area contributed by atoms with E-state index in [4.69, 9.17) is 9.47 Å². The largest absolute Gasteiger partial charge is 0.494 e. The van der Waals surface area contributed by atoms with E-state index in [1.54, 1.807) is 19.0 Å². The van der Waals surface area contributed by atoms with Crippen molar-refractivity contribution < 1.29 is 23.9 Å². The van der Waals surface area contributed by atoms with Gasteiger partial charge in [-0.25, -0.2) is 4.79 Å². The lowest BCUT2D eigenvalue weighted by atomic mass is 9.89. The maximum Gasteiger partial charge on any atom is 0.326 e. The molecule has 1 atom stereocenters. The van der Waals surface area contributed by atoms with Crippen LogP contribution in [0.2, 0.25) is 0 Å². The van der Waals surface area contributed by atoms with Gasteiger partial charge in [-0.1, -0.05) is 12.1 Å². The molecule has 3 aliphatic rings. The van der Waals surface area contributed by atoms with Gasteiger partial charge in [0.25, 0.3) is 5.91 Å². The average molecular weight is 531 g/mol. The number of carbonyl (C=O) groups is 3. The normalized spacial score (nSPS) is 19.4. The summed E-state index contributed by atoms with van der Waals surface area (Å²) in [5.41, 5.74) is 4.60. The van der Waals surface area contributed by atoms with Crippen LogP contribution in [0.25, 0.3) is 10.9 Å². The first-order valence-corrected chi connectivity index (χ1v) is 13.7. The minimum Gasteiger partial charge on any atom is -0.494 e. The molecule has 4 amide bonds. The Balaban J connectivity index is 1.35. The van der Waals surface area contributed by atoms with Gasteiger partial charge < -0.3 is 24.3 Å². The molecule has 1 aromatic heterocycles. The maximum absolute atomic E-state index is 13.3. The molecule has 0 radical (unpaired) electrons. The van der Waals surface area contributed by atoms with Crippen LogP contribution in [-0.2, 0) is 22.6 Å². The van der Waals surface area contributed by atoms with Crippen LogP contribution < -0.4 is 10.1 Å². The molecule has 4 heterocycles. The highest BCUT2D eigenvalue weighted by Gasteiger charge is 2.44. The van der Waals surface area contributed by atoms with Gasteiger partial charge in [-0.3, -0.25) is 14.5 Å². The second-order valence-electron chi connectivity index (χ2n) is 10.7.